The van der Waals surface area contributed by atoms with Gasteiger partial charge in [0.15, 0.2) is 0 Å². The first-order valence-corrected chi connectivity index (χ1v) is 3.41. The molecule has 8 heavy (non-hydrogen) atoms. The highest BCUT2D eigenvalue weighted by Crippen LogP contribution is 1.82. The maximum Gasteiger partial charge on any atom is 0.0277 e. The van der Waals surface area contributed by atoms with Crippen molar-refractivity contribution in [1.29, 1.82) is 0 Å². The highest BCUT2D eigenvalue weighted by molar-refractivity contribution is 7.80. The second kappa shape index (κ2) is 5.41. The molecule has 0 aromatic rings. The fourth-order valence-corrected chi connectivity index (χ4v) is 0.816. The minimum atomic E-state index is 0.503. The van der Waals surface area contributed by atoms with Crippen molar-refractivity contribution in [2.75, 3.05) is 26.4 Å². The molecular weight excluding hydrogens is 120 g/mol. The van der Waals surface area contributed by atoms with Gasteiger partial charge in [0.25, 0.3) is 0 Å². The lowest BCUT2D eigenvalue weighted by molar-refractivity contribution is 0.581. The highest BCUT2D eigenvalue weighted by atomic mass is 32.1. The van der Waals surface area contributed by atoms with E-state index in [1.165, 1.54) is 0 Å². The van der Waals surface area contributed by atoms with Crippen molar-refractivity contribution in [3.63, 3.8) is 0 Å². The standard InChI is InChI=1S/C5H14N2S/c1-6-3-5(4-8)7-2/h5-8H,3-4H2,1-2H3. The Morgan fingerprint density at radius 2 is 2.12 bits per heavy atom. The Morgan fingerprint density at radius 1 is 1.50 bits per heavy atom. The van der Waals surface area contributed by atoms with Gasteiger partial charge in [0.1, 0.15) is 0 Å². The van der Waals surface area contributed by atoms with Crippen LogP contribution in [0.1, 0.15) is 0 Å². The van der Waals surface area contributed by atoms with Crippen LogP contribution in [0.3, 0.4) is 0 Å². The summed E-state index contributed by atoms with van der Waals surface area (Å²) in [5, 5.41) is 6.17. The van der Waals surface area contributed by atoms with Gasteiger partial charge in [-0.1, -0.05) is 0 Å². The van der Waals surface area contributed by atoms with Gasteiger partial charge < -0.3 is 10.6 Å². The van der Waals surface area contributed by atoms with E-state index in [1.54, 1.807) is 0 Å². The number of thiol groups is 1. The van der Waals surface area contributed by atoms with E-state index in [1.807, 2.05) is 14.1 Å². The molecule has 0 saturated heterocycles. The molecule has 3 heteroatoms. The molecule has 0 amide bonds. The zero-order valence-electron chi connectivity index (χ0n) is 5.44. The van der Waals surface area contributed by atoms with Crippen molar-refractivity contribution in [3.8, 4) is 0 Å². The Balaban J connectivity index is 3.07. The molecule has 1 atom stereocenters. The van der Waals surface area contributed by atoms with Crippen molar-refractivity contribution in [1.82, 2.24) is 10.6 Å². The van der Waals surface area contributed by atoms with Crippen LogP contribution in [0.15, 0.2) is 0 Å². The lowest BCUT2D eigenvalue weighted by Crippen LogP contribution is -2.36. The molecular formula is C5H14N2S. The second-order valence-corrected chi connectivity index (χ2v) is 2.09. The Morgan fingerprint density at radius 3 is 2.25 bits per heavy atom. The second-order valence-electron chi connectivity index (χ2n) is 1.73. The van der Waals surface area contributed by atoms with Crippen LogP contribution in [0.25, 0.3) is 0 Å². The monoisotopic (exact) mass is 134 g/mol. The van der Waals surface area contributed by atoms with Crippen LogP contribution in [-0.2, 0) is 0 Å². The maximum absolute atomic E-state index is 4.13. The third kappa shape index (κ3) is 3.29. The Bertz CT molecular complexity index is 45.7. The summed E-state index contributed by atoms with van der Waals surface area (Å²) in [6.07, 6.45) is 0. The maximum atomic E-state index is 4.13. The molecule has 0 aromatic carbocycles. The highest BCUT2D eigenvalue weighted by Gasteiger charge is 1.97. The Kier molecular flexibility index (Phi) is 5.59. The van der Waals surface area contributed by atoms with Gasteiger partial charge >= 0.3 is 0 Å². The summed E-state index contributed by atoms with van der Waals surface area (Å²) < 4.78 is 0. The van der Waals surface area contributed by atoms with E-state index >= 15 is 0 Å². The van der Waals surface area contributed by atoms with Gasteiger partial charge in [-0.2, -0.15) is 12.6 Å². The van der Waals surface area contributed by atoms with Crippen LogP contribution >= 0.6 is 12.6 Å². The van der Waals surface area contributed by atoms with E-state index in [-0.39, 0.29) is 0 Å². The third-order valence-corrected chi connectivity index (χ3v) is 1.52. The molecule has 50 valence electrons. The summed E-state index contributed by atoms with van der Waals surface area (Å²) in [5.74, 6) is 0.886. The van der Waals surface area contributed by atoms with Gasteiger partial charge in [0.2, 0.25) is 0 Å². The molecule has 0 saturated carbocycles. The van der Waals surface area contributed by atoms with Crippen LogP contribution < -0.4 is 10.6 Å². The molecule has 0 aliphatic rings. The topological polar surface area (TPSA) is 24.1 Å². The van der Waals surface area contributed by atoms with Gasteiger partial charge in [-0.15, -0.1) is 0 Å². The smallest absolute Gasteiger partial charge is 0.0277 e. The summed E-state index contributed by atoms with van der Waals surface area (Å²) in [6.45, 7) is 0.986. The van der Waals surface area contributed by atoms with Crippen molar-refractivity contribution in [2.24, 2.45) is 0 Å². The van der Waals surface area contributed by atoms with Crippen LogP contribution in [-0.4, -0.2) is 32.4 Å². The average molecular weight is 134 g/mol. The van der Waals surface area contributed by atoms with Gasteiger partial charge in [0.05, 0.1) is 0 Å². The Labute approximate surface area is 56.5 Å². The van der Waals surface area contributed by atoms with E-state index in [2.05, 4.69) is 23.3 Å². The quantitative estimate of drug-likeness (QED) is 0.461. The summed E-state index contributed by atoms with van der Waals surface area (Å²) in [5.41, 5.74) is 0. The molecule has 0 heterocycles. The fourth-order valence-electron chi connectivity index (χ4n) is 0.504. The average Bonchev–Trinajstić information content (AvgIpc) is 1.83. The number of likely N-dealkylation sites (N-methyl/N-ethyl adjacent to an activating group) is 2. The summed E-state index contributed by atoms with van der Waals surface area (Å²) in [4.78, 5) is 0. The molecule has 0 bridgehead atoms. The van der Waals surface area contributed by atoms with E-state index in [4.69, 9.17) is 0 Å². The zero-order chi connectivity index (χ0) is 6.41. The molecule has 0 radical (unpaired) electrons. The molecule has 0 spiro atoms. The SMILES string of the molecule is CNCC(CS)NC. The van der Waals surface area contributed by atoms with Gasteiger partial charge in [0, 0.05) is 18.3 Å². The largest absolute Gasteiger partial charge is 0.318 e. The first-order chi connectivity index (χ1) is 3.85. The normalized spacial score (nSPS) is 13.9. The molecule has 2 N–H and O–H groups in total. The predicted octanol–water partition coefficient (Wildman–Crippen LogP) is -0.276. The predicted molar refractivity (Wildman–Crippen MR) is 40.6 cm³/mol. The van der Waals surface area contributed by atoms with Crippen LogP contribution in [0.2, 0.25) is 0 Å². The number of hydrogen-bond acceptors (Lipinski definition) is 3. The van der Waals surface area contributed by atoms with Crippen molar-refractivity contribution in [3.05, 3.63) is 0 Å². The van der Waals surface area contributed by atoms with E-state index < -0.39 is 0 Å². The summed E-state index contributed by atoms with van der Waals surface area (Å²) in [7, 11) is 3.88. The molecule has 0 aliphatic carbocycles. The lowest BCUT2D eigenvalue weighted by atomic mass is 10.3. The van der Waals surface area contributed by atoms with Crippen LogP contribution in [0.4, 0.5) is 0 Å². The summed E-state index contributed by atoms with van der Waals surface area (Å²) in [6, 6.07) is 0.503. The minimum absolute atomic E-state index is 0.503. The first kappa shape index (κ1) is 8.27. The number of hydrogen-bond donors (Lipinski definition) is 3. The van der Waals surface area contributed by atoms with E-state index in [0.717, 1.165) is 12.3 Å². The molecule has 0 aromatic heterocycles. The van der Waals surface area contributed by atoms with Crippen LogP contribution in [0, 0.1) is 0 Å². The number of nitrogens with one attached hydrogen (secondary N) is 2. The zero-order valence-corrected chi connectivity index (χ0v) is 6.33. The minimum Gasteiger partial charge on any atom is -0.318 e. The molecule has 0 aliphatic heterocycles. The molecule has 0 rings (SSSR count). The van der Waals surface area contributed by atoms with Gasteiger partial charge in [-0.25, -0.2) is 0 Å². The number of rotatable bonds is 4. The van der Waals surface area contributed by atoms with E-state index in [9.17, 15) is 0 Å². The lowest BCUT2D eigenvalue weighted by Gasteiger charge is -2.10. The van der Waals surface area contributed by atoms with Crippen LogP contribution in [0.5, 0.6) is 0 Å². The molecule has 1 unspecified atom stereocenters. The van der Waals surface area contributed by atoms with Crippen molar-refractivity contribution in [2.45, 2.75) is 6.04 Å². The fraction of sp³-hybridized carbons (Fsp3) is 1.00. The van der Waals surface area contributed by atoms with Crippen molar-refractivity contribution < 1.29 is 0 Å². The first-order valence-electron chi connectivity index (χ1n) is 2.77. The van der Waals surface area contributed by atoms with E-state index in [0.29, 0.717) is 6.04 Å². The Hall–Kier alpha value is 0.270. The molecule has 2 nitrogen and oxygen atoms in total. The van der Waals surface area contributed by atoms with Gasteiger partial charge in [-0.3, -0.25) is 0 Å². The molecule has 0 fully saturated rings. The van der Waals surface area contributed by atoms with Gasteiger partial charge in [-0.05, 0) is 14.1 Å². The summed E-state index contributed by atoms with van der Waals surface area (Å²) >= 11 is 4.13. The third-order valence-electron chi connectivity index (χ3n) is 1.08. The van der Waals surface area contributed by atoms with Crippen molar-refractivity contribution >= 4 is 12.6 Å².